The van der Waals surface area contributed by atoms with Crippen molar-refractivity contribution in [2.45, 2.75) is 46.1 Å². The summed E-state index contributed by atoms with van der Waals surface area (Å²) in [5.41, 5.74) is -2.14. The van der Waals surface area contributed by atoms with Crippen molar-refractivity contribution in [1.82, 2.24) is 10.6 Å². The highest BCUT2D eigenvalue weighted by atomic mass is 16.6. The fourth-order valence-corrected chi connectivity index (χ4v) is 5.07. The molecule has 2 atom stereocenters. The molecule has 0 bridgehead atoms. The molecular weight excluding hydrogens is 592 g/mol. The average molecular weight is 637 g/mol. The Kier molecular flexibility index (Phi) is 15.6. The van der Waals surface area contributed by atoms with Crippen LogP contribution in [-0.2, 0) is 47.6 Å². The zero-order chi connectivity index (χ0) is 34.1. The van der Waals surface area contributed by atoms with E-state index >= 15 is 0 Å². The Bertz CT molecular complexity index is 1070. The lowest BCUT2D eigenvalue weighted by molar-refractivity contribution is -0.159. The van der Waals surface area contributed by atoms with E-state index in [1.807, 2.05) is 20.8 Å². The van der Waals surface area contributed by atoms with Gasteiger partial charge in [0.1, 0.15) is 45.1 Å². The van der Waals surface area contributed by atoms with Crippen molar-refractivity contribution in [1.29, 1.82) is 0 Å². The van der Waals surface area contributed by atoms with Crippen LogP contribution in [-0.4, -0.2) is 88.3 Å². The summed E-state index contributed by atoms with van der Waals surface area (Å²) in [5.74, 6) is -3.02. The highest BCUT2D eigenvalue weighted by Crippen LogP contribution is 2.45. The summed E-state index contributed by atoms with van der Waals surface area (Å²) in [6.45, 7) is 17.4. The summed E-state index contributed by atoms with van der Waals surface area (Å²) < 4.78 is 30.7. The molecular formula is C31H44N2O12. The largest absolute Gasteiger partial charge is 0.462 e. The lowest BCUT2D eigenvalue weighted by Crippen LogP contribution is -2.51. The zero-order valence-corrected chi connectivity index (χ0v) is 26.2. The molecule has 2 amide bonds. The number of hydrogen-bond acceptors (Lipinski definition) is 12. The molecule has 0 aromatic heterocycles. The molecule has 14 nitrogen and oxygen atoms in total. The Balaban J connectivity index is 2.89. The molecule has 0 heterocycles. The number of amides is 2. The van der Waals surface area contributed by atoms with Crippen molar-refractivity contribution >= 4 is 36.1 Å². The standard InChI is InChI=1S/C31H44N2O12/c1-8-23(34)40-12-13-41-28(39)33-22-14-29(5,6)16-30(7,15-22)17-32-27(38)45-21-31(18-42-24(35)9-2,19-43-25(36)10-3)20-44-26(37)11-4/h8-11,22H,1-4,12-21H2,5-7H3,(H,32,38)(H,33,39). The topological polar surface area (TPSA) is 182 Å². The Morgan fingerprint density at radius 1 is 0.667 bits per heavy atom. The van der Waals surface area contributed by atoms with Crippen LogP contribution >= 0.6 is 0 Å². The first kappa shape index (κ1) is 38.4. The van der Waals surface area contributed by atoms with Gasteiger partial charge in [-0.05, 0) is 30.1 Å². The van der Waals surface area contributed by atoms with Gasteiger partial charge >= 0.3 is 36.1 Å². The summed E-state index contributed by atoms with van der Waals surface area (Å²) in [6, 6.07) is -0.272. The molecule has 45 heavy (non-hydrogen) atoms. The van der Waals surface area contributed by atoms with Crippen molar-refractivity contribution < 1.29 is 57.2 Å². The van der Waals surface area contributed by atoms with Crippen LogP contribution in [0.1, 0.15) is 40.0 Å². The van der Waals surface area contributed by atoms with Gasteiger partial charge in [0.25, 0.3) is 0 Å². The molecule has 0 aromatic carbocycles. The molecule has 1 aliphatic rings. The molecule has 0 aromatic rings. The van der Waals surface area contributed by atoms with E-state index in [4.69, 9.17) is 28.4 Å². The number of carbonyl (C=O) groups excluding carboxylic acids is 6. The smallest absolute Gasteiger partial charge is 0.407 e. The van der Waals surface area contributed by atoms with Gasteiger partial charge in [-0.2, -0.15) is 0 Å². The first-order chi connectivity index (χ1) is 21.1. The number of ether oxygens (including phenoxy) is 6. The lowest BCUT2D eigenvalue weighted by atomic mass is 9.62. The van der Waals surface area contributed by atoms with Crippen LogP contribution in [0.5, 0.6) is 0 Å². The van der Waals surface area contributed by atoms with Crippen molar-refractivity contribution in [3.05, 3.63) is 50.6 Å². The summed E-state index contributed by atoms with van der Waals surface area (Å²) in [5, 5.41) is 5.57. The number of rotatable bonds is 18. The quantitative estimate of drug-likeness (QED) is 0.0973. The second-order valence-corrected chi connectivity index (χ2v) is 11.8. The van der Waals surface area contributed by atoms with E-state index in [2.05, 4.69) is 36.9 Å². The molecule has 0 spiro atoms. The minimum atomic E-state index is -1.47. The zero-order valence-electron chi connectivity index (χ0n) is 26.2. The molecule has 1 aliphatic carbocycles. The van der Waals surface area contributed by atoms with E-state index in [0.29, 0.717) is 19.3 Å². The van der Waals surface area contributed by atoms with E-state index in [1.165, 1.54) is 0 Å². The van der Waals surface area contributed by atoms with Crippen molar-refractivity contribution in [3.63, 3.8) is 0 Å². The van der Waals surface area contributed by atoms with E-state index in [1.54, 1.807) is 0 Å². The number of alkyl carbamates (subject to hydrolysis) is 2. The molecule has 0 saturated heterocycles. The predicted molar refractivity (Wildman–Crippen MR) is 160 cm³/mol. The van der Waals surface area contributed by atoms with E-state index in [-0.39, 0.29) is 31.2 Å². The molecule has 1 saturated carbocycles. The van der Waals surface area contributed by atoms with Gasteiger partial charge in [0.2, 0.25) is 0 Å². The van der Waals surface area contributed by atoms with E-state index in [0.717, 1.165) is 24.3 Å². The van der Waals surface area contributed by atoms with Crippen LogP contribution in [0.3, 0.4) is 0 Å². The first-order valence-electron chi connectivity index (χ1n) is 14.1. The third kappa shape index (κ3) is 15.1. The highest BCUT2D eigenvalue weighted by molar-refractivity contribution is 5.82. The molecule has 250 valence electrons. The minimum absolute atomic E-state index is 0.108. The monoisotopic (exact) mass is 636 g/mol. The maximum Gasteiger partial charge on any atom is 0.407 e. The molecule has 2 unspecified atom stereocenters. The molecule has 2 N–H and O–H groups in total. The number of nitrogens with one attached hydrogen (secondary N) is 2. The molecule has 0 radical (unpaired) electrons. The second-order valence-electron chi connectivity index (χ2n) is 11.8. The average Bonchev–Trinajstić information content (AvgIpc) is 2.99. The van der Waals surface area contributed by atoms with Crippen LogP contribution in [0.15, 0.2) is 50.6 Å². The normalized spacial score (nSPS) is 18.5. The Morgan fingerprint density at radius 2 is 1.11 bits per heavy atom. The van der Waals surface area contributed by atoms with Crippen molar-refractivity contribution in [2.75, 3.05) is 46.2 Å². The maximum atomic E-state index is 12.9. The van der Waals surface area contributed by atoms with Gasteiger partial charge < -0.3 is 39.1 Å². The fourth-order valence-electron chi connectivity index (χ4n) is 5.07. The minimum Gasteiger partial charge on any atom is -0.462 e. The Morgan fingerprint density at radius 3 is 1.60 bits per heavy atom. The summed E-state index contributed by atoms with van der Waals surface area (Å²) >= 11 is 0. The first-order valence-corrected chi connectivity index (χ1v) is 14.1. The highest BCUT2D eigenvalue weighted by Gasteiger charge is 2.42. The van der Waals surface area contributed by atoms with Crippen LogP contribution in [0.2, 0.25) is 0 Å². The third-order valence-electron chi connectivity index (χ3n) is 6.72. The predicted octanol–water partition coefficient (Wildman–Crippen LogP) is 2.93. The van der Waals surface area contributed by atoms with Crippen LogP contribution in [0.25, 0.3) is 0 Å². The van der Waals surface area contributed by atoms with E-state index < -0.39 is 73.3 Å². The van der Waals surface area contributed by atoms with Crippen molar-refractivity contribution in [2.24, 2.45) is 16.2 Å². The van der Waals surface area contributed by atoms with Crippen LogP contribution < -0.4 is 10.6 Å². The summed E-state index contributed by atoms with van der Waals surface area (Å²) in [4.78, 5) is 71.7. The van der Waals surface area contributed by atoms with Crippen molar-refractivity contribution in [3.8, 4) is 0 Å². The van der Waals surface area contributed by atoms with Gasteiger partial charge in [0.05, 0.1) is 0 Å². The summed E-state index contributed by atoms with van der Waals surface area (Å²) in [7, 11) is 0. The Hall–Kier alpha value is -4.62. The number of esters is 4. The van der Waals surface area contributed by atoms with E-state index in [9.17, 15) is 28.8 Å². The fraction of sp³-hybridized carbons (Fsp3) is 0.548. The van der Waals surface area contributed by atoms with Gasteiger partial charge in [-0.1, -0.05) is 47.1 Å². The van der Waals surface area contributed by atoms with Gasteiger partial charge in [0.15, 0.2) is 0 Å². The second kappa shape index (κ2) is 18.2. The maximum absolute atomic E-state index is 12.9. The number of carbonyl (C=O) groups is 6. The van der Waals surface area contributed by atoms with Crippen LogP contribution in [0.4, 0.5) is 9.59 Å². The van der Waals surface area contributed by atoms with Crippen LogP contribution in [0, 0.1) is 16.2 Å². The number of hydrogen-bond donors (Lipinski definition) is 2. The molecule has 1 fully saturated rings. The molecule has 14 heteroatoms. The Labute approximate surface area is 263 Å². The molecule has 0 aliphatic heterocycles. The lowest BCUT2D eigenvalue weighted by Gasteiger charge is -2.46. The molecule has 1 rings (SSSR count). The van der Waals surface area contributed by atoms with Gasteiger partial charge in [0, 0.05) is 36.9 Å². The van der Waals surface area contributed by atoms with Gasteiger partial charge in [-0.25, -0.2) is 28.8 Å². The summed E-state index contributed by atoms with van der Waals surface area (Å²) in [6.07, 6.45) is 4.14. The SMILES string of the molecule is C=CC(=O)OCCOC(=O)NC1CC(C)(C)CC(C)(CNC(=O)OCC(COC(=O)C=C)(COC(=O)C=C)COC(=O)C=C)C1. The van der Waals surface area contributed by atoms with Gasteiger partial charge in [-0.15, -0.1) is 0 Å². The van der Waals surface area contributed by atoms with Gasteiger partial charge in [-0.3, -0.25) is 0 Å². The third-order valence-corrected chi connectivity index (χ3v) is 6.72.